The van der Waals surface area contributed by atoms with E-state index < -0.39 is 0 Å². The summed E-state index contributed by atoms with van der Waals surface area (Å²) in [7, 11) is 3.51. The van der Waals surface area contributed by atoms with Crippen LogP contribution in [-0.2, 0) is 23.0 Å². The first kappa shape index (κ1) is 23.0. The molecule has 2 fully saturated rings. The molecule has 4 heterocycles. The lowest BCUT2D eigenvalue weighted by Crippen LogP contribution is -2.50. The molecule has 2 aromatic rings. The van der Waals surface area contributed by atoms with Gasteiger partial charge < -0.3 is 14.4 Å². The third kappa shape index (κ3) is 4.48. The van der Waals surface area contributed by atoms with Crippen LogP contribution < -0.4 is 4.74 Å². The molecule has 0 aromatic carbocycles. The molecule has 3 unspecified atom stereocenters. The highest BCUT2D eigenvalue weighted by molar-refractivity contribution is 5.86. The Kier molecular flexibility index (Phi) is 6.72. The van der Waals surface area contributed by atoms with E-state index in [1.165, 1.54) is 0 Å². The van der Waals surface area contributed by atoms with Gasteiger partial charge in [-0.15, -0.1) is 5.10 Å². The first-order valence-corrected chi connectivity index (χ1v) is 11.8. The Morgan fingerprint density at radius 2 is 1.94 bits per heavy atom. The molecule has 8 nitrogen and oxygen atoms in total. The summed E-state index contributed by atoms with van der Waals surface area (Å²) in [6.45, 7) is 12.1. The van der Waals surface area contributed by atoms with Crippen LogP contribution in [0, 0.1) is 13.8 Å². The maximum Gasteiger partial charge on any atom is 0.242 e. The molecule has 176 valence electrons. The number of ether oxygens (including phenoxy) is 2. The smallest absolute Gasteiger partial charge is 0.242 e. The van der Waals surface area contributed by atoms with E-state index in [2.05, 4.69) is 35.7 Å². The zero-order valence-electron chi connectivity index (χ0n) is 20.3. The van der Waals surface area contributed by atoms with Crippen LogP contribution in [0.15, 0.2) is 0 Å². The molecule has 2 saturated heterocycles. The molecule has 32 heavy (non-hydrogen) atoms. The predicted molar refractivity (Wildman–Crippen MR) is 124 cm³/mol. The Bertz CT molecular complexity index is 978. The molecule has 0 aliphatic carbocycles. The number of fused-ring (bicyclic) bond motifs is 1. The van der Waals surface area contributed by atoms with Crippen LogP contribution in [0.2, 0.25) is 0 Å². The van der Waals surface area contributed by atoms with Crippen LogP contribution in [0.3, 0.4) is 0 Å². The maximum absolute atomic E-state index is 13.2. The van der Waals surface area contributed by atoms with Gasteiger partial charge in [-0.2, -0.15) is 0 Å². The largest absolute Gasteiger partial charge is 0.479 e. The van der Waals surface area contributed by atoms with Gasteiger partial charge in [0.15, 0.2) is 5.65 Å². The van der Waals surface area contributed by atoms with Gasteiger partial charge in [0, 0.05) is 51.4 Å². The van der Waals surface area contributed by atoms with Gasteiger partial charge in [-0.1, -0.05) is 0 Å². The highest BCUT2D eigenvalue weighted by Gasteiger charge is 2.32. The molecule has 3 atom stereocenters. The van der Waals surface area contributed by atoms with Crippen molar-refractivity contribution in [2.24, 2.45) is 7.05 Å². The fourth-order valence-corrected chi connectivity index (χ4v) is 5.57. The molecule has 0 spiro atoms. The van der Waals surface area contributed by atoms with Crippen molar-refractivity contribution in [2.75, 3.05) is 33.3 Å². The van der Waals surface area contributed by atoms with Gasteiger partial charge >= 0.3 is 0 Å². The number of morpholine rings is 1. The van der Waals surface area contributed by atoms with Crippen LogP contribution in [0.4, 0.5) is 0 Å². The summed E-state index contributed by atoms with van der Waals surface area (Å²) in [5, 5.41) is 5.37. The second-order valence-electron chi connectivity index (χ2n) is 9.49. The molecule has 0 saturated carbocycles. The second kappa shape index (κ2) is 9.35. The zero-order valence-corrected chi connectivity index (χ0v) is 20.3. The van der Waals surface area contributed by atoms with Gasteiger partial charge in [0.25, 0.3) is 0 Å². The number of aromatic nitrogens is 3. The van der Waals surface area contributed by atoms with Crippen molar-refractivity contribution < 1.29 is 14.3 Å². The number of hydrogen-bond donors (Lipinski definition) is 0. The number of pyridine rings is 1. The fourth-order valence-electron chi connectivity index (χ4n) is 5.57. The lowest BCUT2D eigenvalue weighted by atomic mass is 9.99. The highest BCUT2D eigenvalue weighted by atomic mass is 16.5. The van der Waals surface area contributed by atoms with E-state index in [9.17, 15) is 4.79 Å². The monoisotopic (exact) mass is 443 g/mol. The van der Waals surface area contributed by atoms with E-state index in [4.69, 9.17) is 14.5 Å². The van der Waals surface area contributed by atoms with Gasteiger partial charge in [-0.3, -0.25) is 9.69 Å². The van der Waals surface area contributed by atoms with Crippen molar-refractivity contribution in [1.29, 1.82) is 0 Å². The van der Waals surface area contributed by atoms with Crippen LogP contribution in [0.5, 0.6) is 5.88 Å². The van der Waals surface area contributed by atoms with Crippen molar-refractivity contribution in [3.8, 4) is 5.88 Å². The average Bonchev–Trinajstić information content (AvgIpc) is 3.31. The van der Waals surface area contributed by atoms with Gasteiger partial charge in [0.1, 0.15) is 0 Å². The number of nitrogens with zero attached hydrogens (tertiary/aromatic N) is 5. The molecule has 0 radical (unpaired) electrons. The minimum absolute atomic E-state index is 0.249. The Morgan fingerprint density at radius 3 is 2.62 bits per heavy atom. The minimum atomic E-state index is 0.249. The summed E-state index contributed by atoms with van der Waals surface area (Å²) in [6, 6.07) is 0.307. The van der Waals surface area contributed by atoms with Crippen LogP contribution in [0.25, 0.3) is 11.0 Å². The molecule has 2 aliphatic rings. The number of aryl methyl sites for hydroxylation is 3. The Morgan fingerprint density at radius 1 is 1.22 bits per heavy atom. The van der Waals surface area contributed by atoms with Crippen molar-refractivity contribution >= 4 is 16.9 Å². The number of methoxy groups -OCH3 is 1. The molecule has 2 aliphatic heterocycles. The van der Waals surface area contributed by atoms with Gasteiger partial charge in [-0.05, 0) is 58.1 Å². The quantitative estimate of drug-likeness (QED) is 0.683. The minimum Gasteiger partial charge on any atom is -0.479 e. The lowest BCUT2D eigenvalue weighted by molar-refractivity contribution is -0.133. The summed E-state index contributed by atoms with van der Waals surface area (Å²) in [5.74, 6) is 0.840. The molecule has 4 rings (SSSR count). The Hall–Kier alpha value is -2.19. The number of carbonyl (C=O) groups is 1. The van der Waals surface area contributed by atoms with Gasteiger partial charge in [-0.25, -0.2) is 9.67 Å². The number of amides is 1. The SMILES string of the molecule is COc1nn(C)c2nc(C)c(CCC(=O)N3CCCC3CN3CC(C)OC(C)C3)c(C)c12. The van der Waals surface area contributed by atoms with Crippen molar-refractivity contribution in [2.45, 2.75) is 71.6 Å². The summed E-state index contributed by atoms with van der Waals surface area (Å²) in [5.41, 5.74) is 4.02. The van der Waals surface area contributed by atoms with Crippen LogP contribution in [-0.4, -0.2) is 82.0 Å². The molecule has 2 aromatic heterocycles. The van der Waals surface area contributed by atoms with E-state index >= 15 is 0 Å². The third-order valence-electron chi connectivity index (χ3n) is 6.97. The van der Waals surface area contributed by atoms with Crippen LogP contribution in [0.1, 0.15) is 49.9 Å². The van der Waals surface area contributed by atoms with E-state index in [1.807, 2.05) is 14.0 Å². The van der Waals surface area contributed by atoms with Crippen molar-refractivity contribution in [1.82, 2.24) is 24.6 Å². The normalized spacial score (nSPS) is 24.4. The summed E-state index contributed by atoms with van der Waals surface area (Å²) < 4.78 is 13.1. The first-order chi connectivity index (χ1) is 15.3. The van der Waals surface area contributed by atoms with E-state index in [0.29, 0.717) is 24.8 Å². The third-order valence-corrected chi connectivity index (χ3v) is 6.97. The number of likely N-dealkylation sites (tertiary alicyclic amines) is 1. The Labute approximate surface area is 190 Å². The fraction of sp³-hybridized carbons (Fsp3) is 0.708. The standard InChI is InChI=1S/C24H37N5O3/c1-15-12-28(13-16(2)32-15)14-19-8-7-11-29(19)21(30)10-9-20-17(3)22-23(25-18(20)4)27(5)26-24(22)31-6/h15-16,19H,7-14H2,1-6H3. The summed E-state index contributed by atoms with van der Waals surface area (Å²) in [6.07, 6.45) is 3.87. The molecule has 0 bridgehead atoms. The topological polar surface area (TPSA) is 72.7 Å². The number of rotatable bonds is 6. The first-order valence-electron chi connectivity index (χ1n) is 11.8. The lowest BCUT2D eigenvalue weighted by Gasteiger charge is -2.38. The van der Waals surface area contributed by atoms with Gasteiger partial charge in [0.2, 0.25) is 11.8 Å². The molecular weight excluding hydrogens is 406 g/mol. The number of carbonyl (C=O) groups excluding carboxylic acids is 1. The summed E-state index contributed by atoms with van der Waals surface area (Å²) in [4.78, 5) is 22.6. The Balaban J connectivity index is 1.44. The van der Waals surface area contributed by atoms with E-state index in [1.54, 1.807) is 11.8 Å². The maximum atomic E-state index is 13.2. The highest BCUT2D eigenvalue weighted by Crippen LogP contribution is 2.31. The van der Waals surface area contributed by atoms with Crippen LogP contribution >= 0.6 is 0 Å². The predicted octanol–water partition coefficient (Wildman–Crippen LogP) is 2.63. The van der Waals surface area contributed by atoms with Crippen molar-refractivity contribution in [3.05, 3.63) is 16.8 Å². The zero-order chi connectivity index (χ0) is 23.0. The second-order valence-corrected chi connectivity index (χ2v) is 9.49. The molecule has 1 amide bonds. The number of hydrogen-bond acceptors (Lipinski definition) is 6. The summed E-state index contributed by atoms with van der Waals surface area (Å²) >= 11 is 0. The molecule has 0 N–H and O–H groups in total. The average molecular weight is 444 g/mol. The van der Waals surface area contributed by atoms with E-state index in [-0.39, 0.29) is 18.1 Å². The van der Waals surface area contributed by atoms with Crippen molar-refractivity contribution in [3.63, 3.8) is 0 Å². The van der Waals surface area contributed by atoms with E-state index in [0.717, 1.165) is 66.9 Å². The van der Waals surface area contributed by atoms with Gasteiger partial charge in [0.05, 0.1) is 24.7 Å². The molecule has 8 heteroatoms. The molecular formula is C24H37N5O3.